The topological polar surface area (TPSA) is 78.9 Å². The highest BCUT2D eigenvalue weighted by Crippen LogP contribution is 2.08. The number of carbonyl (C=O) groups excluding carboxylic acids is 3. The van der Waals surface area contributed by atoms with Crippen LogP contribution in [0.1, 0.15) is 27.2 Å². The van der Waals surface area contributed by atoms with Gasteiger partial charge in [0.2, 0.25) is 6.79 Å². The maximum Gasteiger partial charge on any atom is 0.370 e. The van der Waals surface area contributed by atoms with Crippen molar-refractivity contribution in [2.45, 2.75) is 27.2 Å². The summed E-state index contributed by atoms with van der Waals surface area (Å²) in [5.41, 5.74) is 0. The molecule has 0 aromatic carbocycles. The number of hydrogen-bond acceptors (Lipinski definition) is 7. The summed E-state index contributed by atoms with van der Waals surface area (Å²) in [5, 5.41) is -0.587. The van der Waals surface area contributed by atoms with Crippen LogP contribution in [0.3, 0.4) is 0 Å². The molecule has 0 bridgehead atoms. The lowest BCUT2D eigenvalue weighted by Crippen LogP contribution is -2.15. The summed E-state index contributed by atoms with van der Waals surface area (Å²) < 4.78 is 14.0. The molecule has 0 amide bonds. The van der Waals surface area contributed by atoms with Crippen molar-refractivity contribution in [3.05, 3.63) is 0 Å². The van der Waals surface area contributed by atoms with Gasteiger partial charge in [-0.2, -0.15) is 0 Å². The van der Waals surface area contributed by atoms with E-state index in [4.69, 9.17) is 0 Å². The smallest absolute Gasteiger partial charge is 0.370 e. The zero-order valence-electron chi connectivity index (χ0n) is 10.8. The average molecular weight is 278 g/mol. The van der Waals surface area contributed by atoms with Crippen molar-refractivity contribution in [3.63, 3.8) is 0 Å². The third kappa shape index (κ3) is 8.86. The SMILES string of the molecule is CCOC(=O)CCSC(=O)OCOC(=O)C(C)C. The predicted molar refractivity (Wildman–Crippen MR) is 66.0 cm³/mol. The van der Waals surface area contributed by atoms with Crippen LogP contribution in [0, 0.1) is 5.92 Å². The van der Waals surface area contributed by atoms with E-state index in [1.54, 1.807) is 20.8 Å². The molecule has 0 aliphatic carbocycles. The van der Waals surface area contributed by atoms with Gasteiger partial charge < -0.3 is 14.2 Å². The second-order valence-corrected chi connectivity index (χ2v) is 4.56. The lowest BCUT2D eigenvalue weighted by atomic mass is 10.2. The minimum absolute atomic E-state index is 0.138. The Morgan fingerprint density at radius 3 is 2.33 bits per heavy atom. The van der Waals surface area contributed by atoms with Crippen LogP contribution in [-0.4, -0.2) is 36.4 Å². The van der Waals surface area contributed by atoms with Crippen molar-refractivity contribution < 1.29 is 28.6 Å². The molecule has 0 aliphatic heterocycles. The quantitative estimate of drug-likeness (QED) is 0.520. The zero-order chi connectivity index (χ0) is 14.0. The first kappa shape index (κ1) is 16.8. The summed E-state index contributed by atoms with van der Waals surface area (Å²) in [4.78, 5) is 33.1. The summed E-state index contributed by atoms with van der Waals surface area (Å²) in [6.45, 7) is 4.99. The molecule has 0 aromatic heterocycles. The van der Waals surface area contributed by atoms with Gasteiger partial charge in [-0.05, 0) is 18.7 Å². The molecule has 0 spiro atoms. The van der Waals surface area contributed by atoms with Crippen LogP contribution in [0.25, 0.3) is 0 Å². The highest BCUT2D eigenvalue weighted by atomic mass is 32.2. The summed E-state index contributed by atoms with van der Waals surface area (Å²) in [6, 6.07) is 0. The van der Waals surface area contributed by atoms with E-state index in [0.29, 0.717) is 6.61 Å². The Balaban J connectivity index is 3.55. The monoisotopic (exact) mass is 278 g/mol. The van der Waals surface area contributed by atoms with Gasteiger partial charge in [-0.15, -0.1) is 0 Å². The number of esters is 2. The summed E-state index contributed by atoms with van der Waals surface area (Å²) in [7, 11) is 0. The summed E-state index contributed by atoms with van der Waals surface area (Å²) in [6.07, 6.45) is 0.138. The molecule has 0 atom stereocenters. The van der Waals surface area contributed by atoms with Gasteiger partial charge in [0, 0.05) is 5.75 Å². The van der Waals surface area contributed by atoms with Crippen LogP contribution in [0.5, 0.6) is 0 Å². The van der Waals surface area contributed by atoms with E-state index >= 15 is 0 Å². The van der Waals surface area contributed by atoms with Crippen LogP contribution in [0.2, 0.25) is 0 Å². The molecule has 0 unspecified atom stereocenters. The molecule has 0 aliphatic rings. The van der Waals surface area contributed by atoms with Crippen LogP contribution >= 0.6 is 11.8 Å². The Kier molecular flexibility index (Phi) is 9.08. The highest BCUT2D eigenvalue weighted by molar-refractivity contribution is 8.13. The van der Waals surface area contributed by atoms with Gasteiger partial charge in [0.05, 0.1) is 18.9 Å². The molecule has 6 nitrogen and oxygen atoms in total. The fourth-order valence-corrected chi connectivity index (χ4v) is 1.36. The van der Waals surface area contributed by atoms with Crippen LogP contribution in [0.4, 0.5) is 4.79 Å². The molecule has 104 valence electrons. The second-order valence-electron chi connectivity index (χ2n) is 3.53. The zero-order valence-corrected chi connectivity index (χ0v) is 11.6. The first-order valence-electron chi connectivity index (χ1n) is 5.59. The molecule has 0 rings (SSSR count). The van der Waals surface area contributed by atoms with E-state index in [1.165, 1.54) is 0 Å². The second kappa shape index (κ2) is 9.76. The van der Waals surface area contributed by atoms with Gasteiger partial charge in [0.1, 0.15) is 0 Å². The molecule has 0 saturated carbocycles. The molecular weight excluding hydrogens is 260 g/mol. The number of ether oxygens (including phenoxy) is 3. The van der Waals surface area contributed by atoms with E-state index < -0.39 is 18.1 Å². The normalized spacial score (nSPS) is 10.0. The van der Waals surface area contributed by atoms with Crippen molar-refractivity contribution in [1.82, 2.24) is 0 Å². The van der Waals surface area contributed by atoms with Gasteiger partial charge in [-0.25, -0.2) is 4.79 Å². The van der Waals surface area contributed by atoms with E-state index in [9.17, 15) is 14.4 Å². The maximum atomic E-state index is 11.1. The Bertz CT molecular complexity index is 289. The molecule has 0 fully saturated rings. The molecular formula is C11H18O6S. The van der Waals surface area contributed by atoms with Gasteiger partial charge in [0.15, 0.2) is 0 Å². The largest absolute Gasteiger partial charge is 0.466 e. The van der Waals surface area contributed by atoms with Gasteiger partial charge in [0.25, 0.3) is 0 Å². The fourth-order valence-electron chi connectivity index (χ4n) is 0.795. The van der Waals surface area contributed by atoms with Gasteiger partial charge >= 0.3 is 17.2 Å². The summed E-state index contributed by atoms with van der Waals surface area (Å²) in [5.74, 6) is -0.779. The Morgan fingerprint density at radius 2 is 1.78 bits per heavy atom. The van der Waals surface area contributed by atoms with Crippen LogP contribution < -0.4 is 0 Å². The minimum Gasteiger partial charge on any atom is -0.466 e. The Hall–Kier alpha value is -1.24. The van der Waals surface area contributed by atoms with Crippen molar-refractivity contribution in [2.75, 3.05) is 19.2 Å². The summed E-state index contributed by atoms with van der Waals surface area (Å²) >= 11 is 0.837. The van der Waals surface area contributed by atoms with E-state index in [1.807, 2.05) is 0 Å². The van der Waals surface area contributed by atoms with Crippen LogP contribution in [-0.2, 0) is 23.8 Å². The standard InChI is InChI=1S/C11H18O6S/c1-4-15-9(12)5-6-18-11(14)17-7-16-10(13)8(2)3/h8H,4-7H2,1-3H3. The molecule has 0 heterocycles. The Morgan fingerprint density at radius 1 is 1.11 bits per heavy atom. The van der Waals surface area contributed by atoms with E-state index in [0.717, 1.165) is 11.8 Å². The molecule has 0 N–H and O–H groups in total. The third-order valence-electron chi connectivity index (χ3n) is 1.68. The number of rotatable bonds is 7. The van der Waals surface area contributed by atoms with Crippen molar-refractivity contribution in [1.29, 1.82) is 0 Å². The van der Waals surface area contributed by atoms with Gasteiger partial charge in [-0.1, -0.05) is 13.8 Å². The lowest BCUT2D eigenvalue weighted by Gasteiger charge is -2.07. The highest BCUT2D eigenvalue weighted by Gasteiger charge is 2.10. The molecule has 0 radical (unpaired) electrons. The first-order chi connectivity index (χ1) is 8.47. The number of carbonyl (C=O) groups is 3. The van der Waals surface area contributed by atoms with Crippen LogP contribution in [0.15, 0.2) is 0 Å². The van der Waals surface area contributed by atoms with E-state index in [-0.39, 0.29) is 24.1 Å². The third-order valence-corrected chi connectivity index (χ3v) is 2.44. The van der Waals surface area contributed by atoms with Crippen molar-refractivity contribution in [3.8, 4) is 0 Å². The molecule has 0 saturated heterocycles. The first-order valence-corrected chi connectivity index (χ1v) is 6.57. The minimum atomic E-state index is -0.587. The predicted octanol–water partition coefficient (Wildman–Crippen LogP) is 1.97. The van der Waals surface area contributed by atoms with Crippen molar-refractivity contribution >= 4 is 29.0 Å². The number of hydrogen-bond donors (Lipinski definition) is 0. The molecule has 7 heteroatoms. The lowest BCUT2D eigenvalue weighted by molar-refractivity contribution is -0.155. The maximum absolute atomic E-state index is 11.1. The molecule has 0 aromatic rings. The van der Waals surface area contributed by atoms with Gasteiger partial charge in [-0.3, -0.25) is 9.59 Å². The Labute approximate surface area is 110 Å². The molecule has 18 heavy (non-hydrogen) atoms. The fraction of sp³-hybridized carbons (Fsp3) is 0.727. The average Bonchev–Trinajstić information content (AvgIpc) is 2.29. The van der Waals surface area contributed by atoms with Crippen molar-refractivity contribution in [2.24, 2.45) is 5.92 Å². The number of thioether (sulfide) groups is 1. The van der Waals surface area contributed by atoms with E-state index in [2.05, 4.69) is 14.2 Å².